The minimum absolute atomic E-state index is 0.0136. The third-order valence-electron chi connectivity index (χ3n) is 5.27. The number of ether oxygens (including phenoxy) is 1. The molecule has 3 heterocycles. The molecule has 1 fully saturated rings. The number of imidazole rings is 1. The number of rotatable bonds is 4. The number of nitrogens with zero attached hydrogens (tertiary/aromatic N) is 3. The zero-order chi connectivity index (χ0) is 19.9. The fraction of sp³-hybridized carbons (Fsp3) is 0.450. The molecule has 0 saturated carbocycles. The Morgan fingerprint density at radius 3 is 2.68 bits per heavy atom. The maximum atomic E-state index is 13.8. The van der Waals surface area contributed by atoms with E-state index in [2.05, 4.69) is 15.5 Å². The van der Waals surface area contributed by atoms with Crippen molar-refractivity contribution in [2.24, 2.45) is 0 Å². The molecule has 28 heavy (non-hydrogen) atoms. The van der Waals surface area contributed by atoms with E-state index in [9.17, 15) is 9.18 Å². The molecule has 0 aliphatic carbocycles. The molecule has 0 bridgehead atoms. The number of hydrogen-bond acceptors (Lipinski definition) is 5. The molecule has 0 spiro atoms. The molecular formula is C20H23FN4O3. The molecule has 1 aliphatic heterocycles. The number of benzene rings is 1. The molecule has 0 radical (unpaired) electrons. The van der Waals surface area contributed by atoms with Crippen molar-refractivity contribution in [2.75, 3.05) is 18.5 Å². The number of carbonyl (C=O) groups is 1. The topological polar surface area (TPSA) is 82.2 Å². The summed E-state index contributed by atoms with van der Waals surface area (Å²) < 4.78 is 26.5. The van der Waals surface area contributed by atoms with Gasteiger partial charge in [-0.25, -0.2) is 9.37 Å². The first-order valence-corrected chi connectivity index (χ1v) is 9.41. The summed E-state index contributed by atoms with van der Waals surface area (Å²) in [5, 5.41) is 6.92. The third-order valence-corrected chi connectivity index (χ3v) is 5.27. The van der Waals surface area contributed by atoms with E-state index in [1.54, 1.807) is 12.1 Å². The van der Waals surface area contributed by atoms with E-state index in [-0.39, 0.29) is 17.8 Å². The highest BCUT2D eigenvalue weighted by Gasteiger charge is 2.45. The SMILES string of the molecule is Cc1cc(C2(C(=O)Nc3nc4ccc(F)cc4n3C(C)C)CCOCC2)on1. The monoisotopic (exact) mass is 386 g/mol. The number of amides is 1. The van der Waals surface area contributed by atoms with Gasteiger partial charge in [0.05, 0.1) is 16.7 Å². The summed E-state index contributed by atoms with van der Waals surface area (Å²) in [5.74, 6) is 0.363. The highest BCUT2D eigenvalue weighted by atomic mass is 19.1. The lowest BCUT2D eigenvalue weighted by Crippen LogP contribution is -2.45. The molecule has 1 saturated heterocycles. The number of carbonyl (C=O) groups excluding carboxylic acids is 1. The zero-order valence-electron chi connectivity index (χ0n) is 16.2. The first-order valence-electron chi connectivity index (χ1n) is 9.41. The molecule has 0 atom stereocenters. The summed E-state index contributed by atoms with van der Waals surface area (Å²) in [4.78, 5) is 18.0. The Morgan fingerprint density at radius 1 is 1.29 bits per heavy atom. The summed E-state index contributed by atoms with van der Waals surface area (Å²) in [6.45, 7) is 6.67. The van der Waals surface area contributed by atoms with Crippen LogP contribution < -0.4 is 5.32 Å². The van der Waals surface area contributed by atoms with Crippen LogP contribution in [0.1, 0.15) is 44.2 Å². The Balaban J connectivity index is 1.75. The van der Waals surface area contributed by atoms with Crippen molar-refractivity contribution >= 4 is 22.9 Å². The number of aryl methyl sites for hydroxylation is 1. The second kappa shape index (κ2) is 7.01. The Morgan fingerprint density at radius 2 is 2.04 bits per heavy atom. The van der Waals surface area contributed by atoms with Crippen molar-refractivity contribution in [3.05, 3.63) is 41.5 Å². The number of anilines is 1. The molecule has 7 nitrogen and oxygen atoms in total. The van der Waals surface area contributed by atoms with Gasteiger partial charge in [-0.3, -0.25) is 10.1 Å². The van der Waals surface area contributed by atoms with Gasteiger partial charge in [0.15, 0.2) is 5.76 Å². The van der Waals surface area contributed by atoms with E-state index < -0.39 is 5.41 Å². The normalized spacial score (nSPS) is 16.6. The molecule has 4 rings (SSSR count). The maximum Gasteiger partial charge on any atom is 0.240 e. The molecule has 0 unspecified atom stereocenters. The Bertz CT molecular complexity index is 1020. The molecule has 148 valence electrons. The van der Waals surface area contributed by atoms with Crippen molar-refractivity contribution in [3.63, 3.8) is 0 Å². The van der Waals surface area contributed by atoms with Crippen LogP contribution >= 0.6 is 0 Å². The van der Waals surface area contributed by atoms with Crippen LogP contribution in [0.25, 0.3) is 11.0 Å². The number of nitrogens with one attached hydrogen (secondary N) is 1. The molecule has 1 aliphatic rings. The van der Waals surface area contributed by atoms with Gasteiger partial charge in [0.25, 0.3) is 0 Å². The van der Waals surface area contributed by atoms with Gasteiger partial charge >= 0.3 is 0 Å². The smallest absolute Gasteiger partial charge is 0.240 e. The molecular weight excluding hydrogens is 363 g/mol. The Labute approximate surface area is 161 Å². The second-order valence-corrected chi connectivity index (χ2v) is 7.51. The van der Waals surface area contributed by atoms with E-state index in [4.69, 9.17) is 9.26 Å². The standard InChI is InChI=1S/C20H23FN4O3/c1-12(2)25-16-11-14(21)4-5-15(16)22-19(25)23-18(26)20(6-8-27-9-7-20)17-10-13(3)24-28-17/h4-5,10-12H,6-9H2,1-3H3,(H,22,23,26). The van der Waals surface area contributed by atoms with Crippen molar-refractivity contribution in [3.8, 4) is 0 Å². The Kier molecular flexibility index (Phi) is 4.66. The van der Waals surface area contributed by atoms with E-state index in [0.717, 1.165) is 5.69 Å². The van der Waals surface area contributed by atoms with Crippen molar-refractivity contribution in [2.45, 2.75) is 45.1 Å². The average Bonchev–Trinajstić information content (AvgIpc) is 3.25. The summed E-state index contributed by atoms with van der Waals surface area (Å²) >= 11 is 0. The Hall–Kier alpha value is -2.74. The van der Waals surface area contributed by atoms with Gasteiger partial charge in [0, 0.05) is 25.3 Å². The lowest BCUT2D eigenvalue weighted by atomic mass is 9.77. The fourth-order valence-corrected chi connectivity index (χ4v) is 3.79. The van der Waals surface area contributed by atoms with Crippen molar-refractivity contribution in [1.29, 1.82) is 0 Å². The van der Waals surface area contributed by atoms with Gasteiger partial charge in [-0.1, -0.05) is 5.16 Å². The van der Waals surface area contributed by atoms with Gasteiger partial charge in [-0.15, -0.1) is 0 Å². The summed E-state index contributed by atoms with van der Waals surface area (Å²) in [6, 6.07) is 6.19. The summed E-state index contributed by atoms with van der Waals surface area (Å²) in [5.41, 5.74) is 1.12. The molecule has 2 aromatic heterocycles. The van der Waals surface area contributed by atoms with Gasteiger partial charge in [0.1, 0.15) is 11.2 Å². The van der Waals surface area contributed by atoms with Gasteiger partial charge in [-0.2, -0.15) is 0 Å². The highest BCUT2D eigenvalue weighted by molar-refractivity contribution is 5.99. The van der Waals surface area contributed by atoms with Crippen LogP contribution in [0.2, 0.25) is 0 Å². The minimum atomic E-state index is -0.870. The van der Waals surface area contributed by atoms with Crippen LogP contribution in [0, 0.1) is 12.7 Å². The number of aromatic nitrogens is 3. The molecule has 3 aromatic rings. The van der Waals surface area contributed by atoms with Crippen LogP contribution in [-0.2, 0) is 14.9 Å². The van der Waals surface area contributed by atoms with Gasteiger partial charge < -0.3 is 13.8 Å². The van der Waals surface area contributed by atoms with Gasteiger partial charge in [-0.05, 0) is 51.8 Å². The van der Waals surface area contributed by atoms with E-state index >= 15 is 0 Å². The number of halogens is 1. The lowest BCUT2D eigenvalue weighted by Gasteiger charge is -2.33. The first-order chi connectivity index (χ1) is 13.4. The minimum Gasteiger partial charge on any atom is -0.381 e. The van der Waals surface area contributed by atoms with E-state index in [0.29, 0.717) is 48.8 Å². The lowest BCUT2D eigenvalue weighted by molar-refractivity contribution is -0.126. The van der Waals surface area contributed by atoms with Crippen molar-refractivity contribution < 1.29 is 18.4 Å². The summed E-state index contributed by atoms with van der Waals surface area (Å²) in [7, 11) is 0. The van der Waals surface area contributed by atoms with Crippen LogP contribution in [0.3, 0.4) is 0 Å². The second-order valence-electron chi connectivity index (χ2n) is 7.51. The highest BCUT2D eigenvalue weighted by Crippen LogP contribution is 2.37. The van der Waals surface area contributed by atoms with Crippen LogP contribution in [0.4, 0.5) is 10.3 Å². The van der Waals surface area contributed by atoms with Gasteiger partial charge in [0.2, 0.25) is 11.9 Å². The van der Waals surface area contributed by atoms with Crippen LogP contribution in [-0.4, -0.2) is 33.8 Å². The molecule has 8 heteroatoms. The average molecular weight is 386 g/mol. The van der Waals surface area contributed by atoms with E-state index in [1.165, 1.54) is 12.1 Å². The van der Waals surface area contributed by atoms with Crippen molar-refractivity contribution in [1.82, 2.24) is 14.7 Å². The van der Waals surface area contributed by atoms with E-state index in [1.807, 2.05) is 25.3 Å². The largest absolute Gasteiger partial charge is 0.381 e. The predicted octanol–water partition coefficient (Wildman–Crippen LogP) is 3.74. The fourth-order valence-electron chi connectivity index (χ4n) is 3.79. The quantitative estimate of drug-likeness (QED) is 0.739. The first kappa shape index (κ1) is 18.6. The third kappa shape index (κ3) is 3.07. The van der Waals surface area contributed by atoms with Crippen LogP contribution in [0.5, 0.6) is 0 Å². The molecule has 1 aromatic carbocycles. The maximum absolute atomic E-state index is 13.8. The number of fused-ring (bicyclic) bond motifs is 1. The molecule has 1 N–H and O–H groups in total. The zero-order valence-corrected chi connectivity index (χ0v) is 16.2. The predicted molar refractivity (Wildman–Crippen MR) is 102 cm³/mol. The summed E-state index contributed by atoms with van der Waals surface area (Å²) in [6.07, 6.45) is 0.980. The molecule has 1 amide bonds. The number of hydrogen-bond donors (Lipinski definition) is 1. The van der Waals surface area contributed by atoms with Crippen LogP contribution in [0.15, 0.2) is 28.8 Å².